The van der Waals surface area contributed by atoms with Gasteiger partial charge in [0.05, 0.1) is 11.6 Å². The standard InChI is InChI=1S/C28H31N5O2S/c1-18-13-21(24-31-32-27(35-24)28(3,29-4)16-20-9-6-5-7-10-20)15-22(14-18)26(34)33-12-8-11-23(33)25-30-19(2)17-36-25/h5-7,9-10,13-15,17,23,29H,8,11-12,16H2,1-4H3. The van der Waals surface area contributed by atoms with Gasteiger partial charge in [-0.1, -0.05) is 30.3 Å². The van der Waals surface area contributed by atoms with E-state index in [0.717, 1.165) is 41.2 Å². The van der Waals surface area contributed by atoms with Crippen molar-refractivity contribution >= 4 is 17.2 Å². The summed E-state index contributed by atoms with van der Waals surface area (Å²) < 4.78 is 6.19. The number of rotatable bonds is 7. The van der Waals surface area contributed by atoms with Crippen molar-refractivity contribution in [3.63, 3.8) is 0 Å². The predicted octanol–water partition coefficient (Wildman–Crippen LogP) is 5.46. The zero-order valence-electron chi connectivity index (χ0n) is 21.1. The van der Waals surface area contributed by atoms with Crippen LogP contribution in [0.2, 0.25) is 0 Å². The van der Waals surface area contributed by atoms with E-state index >= 15 is 0 Å². The summed E-state index contributed by atoms with van der Waals surface area (Å²) in [6, 6.07) is 16.0. The smallest absolute Gasteiger partial charge is 0.254 e. The van der Waals surface area contributed by atoms with Crippen LogP contribution in [0.5, 0.6) is 0 Å². The molecule has 1 aliphatic heterocycles. The first-order valence-electron chi connectivity index (χ1n) is 12.3. The number of carbonyl (C=O) groups excluding carboxylic acids is 1. The number of likely N-dealkylation sites (tertiary alicyclic amines) is 1. The predicted molar refractivity (Wildman–Crippen MR) is 141 cm³/mol. The minimum Gasteiger partial charge on any atom is -0.419 e. The summed E-state index contributed by atoms with van der Waals surface area (Å²) in [5.41, 5.74) is 4.00. The van der Waals surface area contributed by atoms with Crippen LogP contribution in [0, 0.1) is 13.8 Å². The van der Waals surface area contributed by atoms with E-state index in [1.807, 2.05) is 67.6 Å². The Hall–Kier alpha value is -3.36. The number of aryl methyl sites for hydroxylation is 2. The molecule has 0 spiro atoms. The molecule has 2 unspecified atom stereocenters. The Morgan fingerprint density at radius 1 is 1.19 bits per heavy atom. The van der Waals surface area contributed by atoms with Gasteiger partial charge < -0.3 is 14.6 Å². The molecule has 0 radical (unpaired) electrons. The minimum absolute atomic E-state index is 0.0131. The molecule has 1 N–H and O–H groups in total. The monoisotopic (exact) mass is 501 g/mol. The van der Waals surface area contributed by atoms with Gasteiger partial charge in [-0.15, -0.1) is 21.5 Å². The average Bonchev–Trinajstić information content (AvgIpc) is 3.64. The van der Waals surface area contributed by atoms with Crippen LogP contribution < -0.4 is 5.32 Å². The lowest BCUT2D eigenvalue weighted by molar-refractivity contribution is 0.0735. The second kappa shape index (κ2) is 9.95. The van der Waals surface area contributed by atoms with Crippen molar-refractivity contribution in [2.75, 3.05) is 13.6 Å². The van der Waals surface area contributed by atoms with Crippen LogP contribution in [0.1, 0.15) is 63.9 Å². The Kier molecular flexibility index (Phi) is 6.73. The van der Waals surface area contributed by atoms with Gasteiger partial charge in [0.1, 0.15) is 5.01 Å². The molecule has 2 aromatic carbocycles. The molecule has 4 aromatic rings. The van der Waals surface area contributed by atoms with Gasteiger partial charge in [-0.25, -0.2) is 4.98 Å². The van der Waals surface area contributed by atoms with Gasteiger partial charge in [-0.05, 0) is 76.4 Å². The number of likely N-dealkylation sites (N-methyl/N-ethyl adjacent to an activating group) is 1. The zero-order chi connectivity index (χ0) is 25.3. The fourth-order valence-electron chi connectivity index (χ4n) is 4.83. The molecule has 7 nitrogen and oxygen atoms in total. The molecule has 36 heavy (non-hydrogen) atoms. The highest BCUT2D eigenvalue weighted by molar-refractivity contribution is 7.09. The number of carbonyl (C=O) groups is 1. The quantitative estimate of drug-likeness (QED) is 0.362. The molecule has 1 amide bonds. The topological polar surface area (TPSA) is 84.2 Å². The molecule has 0 bridgehead atoms. The Morgan fingerprint density at radius 2 is 2.00 bits per heavy atom. The highest BCUT2D eigenvalue weighted by Gasteiger charge is 2.34. The van der Waals surface area contributed by atoms with E-state index in [9.17, 15) is 4.79 Å². The number of hydrogen-bond donors (Lipinski definition) is 1. The van der Waals surface area contributed by atoms with Gasteiger partial charge in [0, 0.05) is 28.7 Å². The van der Waals surface area contributed by atoms with Crippen LogP contribution in [-0.2, 0) is 12.0 Å². The summed E-state index contributed by atoms with van der Waals surface area (Å²) in [5.74, 6) is 0.932. The minimum atomic E-state index is -0.524. The first-order chi connectivity index (χ1) is 17.4. The fraction of sp³-hybridized carbons (Fsp3) is 0.357. The van der Waals surface area contributed by atoms with E-state index < -0.39 is 5.54 Å². The molecule has 186 valence electrons. The lowest BCUT2D eigenvalue weighted by Crippen LogP contribution is -2.39. The summed E-state index contributed by atoms with van der Waals surface area (Å²) >= 11 is 1.63. The van der Waals surface area contributed by atoms with E-state index in [1.54, 1.807) is 11.3 Å². The van der Waals surface area contributed by atoms with Gasteiger partial charge in [-0.2, -0.15) is 0 Å². The maximum Gasteiger partial charge on any atom is 0.254 e. The summed E-state index contributed by atoms with van der Waals surface area (Å²) in [4.78, 5) is 20.2. The normalized spacial score (nSPS) is 17.3. The van der Waals surface area contributed by atoms with Crippen LogP contribution in [0.15, 0.2) is 58.3 Å². The highest BCUT2D eigenvalue weighted by atomic mass is 32.1. The van der Waals surface area contributed by atoms with E-state index in [4.69, 9.17) is 4.42 Å². The van der Waals surface area contributed by atoms with Crippen molar-refractivity contribution in [1.82, 2.24) is 25.4 Å². The second-order valence-electron chi connectivity index (χ2n) is 9.73. The third kappa shape index (κ3) is 4.83. The van der Waals surface area contributed by atoms with E-state index in [1.165, 1.54) is 5.56 Å². The van der Waals surface area contributed by atoms with Crippen molar-refractivity contribution < 1.29 is 9.21 Å². The summed E-state index contributed by atoms with van der Waals surface area (Å²) in [7, 11) is 1.90. The highest BCUT2D eigenvalue weighted by Crippen LogP contribution is 2.35. The Balaban J connectivity index is 1.42. The maximum atomic E-state index is 13.6. The molecular formula is C28H31N5O2S. The molecule has 5 rings (SSSR count). The molecule has 1 fully saturated rings. The van der Waals surface area contributed by atoms with Crippen LogP contribution in [0.25, 0.3) is 11.5 Å². The first kappa shape index (κ1) is 24.3. The van der Waals surface area contributed by atoms with E-state index in [2.05, 4.69) is 39.6 Å². The Morgan fingerprint density at radius 3 is 2.72 bits per heavy atom. The number of nitrogens with one attached hydrogen (secondary N) is 1. The van der Waals surface area contributed by atoms with Crippen molar-refractivity contribution in [2.24, 2.45) is 0 Å². The van der Waals surface area contributed by atoms with Crippen LogP contribution in [0.3, 0.4) is 0 Å². The Bertz CT molecular complexity index is 1370. The lowest BCUT2D eigenvalue weighted by atomic mass is 9.93. The SMILES string of the molecule is CNC(C)(Cc1ccccc1)c1nnc(-c2cc(C)cc(C(=O)N3CCCC3c3nc(C)cs3)c2)o1. The fourth-order valence-corrected chi connectivity index (χ4v) is 5.77. The summed E-state index contributed by atoms with van der Waals surface area (Å²) in [6.45, 7) is 6.76. The maximum absolute atomic E-state index is 13.6. The number of hydrogen-bond acceptors (Lipinski definition) is 7. The Labute approximate surface area is 215 Å². The molecule has 0 saturated carbocycles. The summed E-state index contributed by atoms with van der Waals surface area (Å²) in [6.07, 6.45) is 2.62. The van der Waals surface area contributed by atoms with Crippen molar-refractivity contribution in [2.45, 2.75) is 51.6 Å². The van der Waals surface area contributed by atoms with Gasteiger partial charge in [0.25, 0.3) is 5.91 Å². The van der Waals surface area contributed by atoms with Gasteiger partial charge in [0.2, 0.25) is 11.8 Å². The van der Waals surface area contributed by atoms with Crippen molar-refractivity contribution in [1.29, 1.82) is 0 Å². The third-order valence-corrected chi connectivity index (χ3v) is 7.92. The molecule has 1 aliphatic rings. The molecule has 0 aliphatic carbocycles. The van der Waals surface area contributed by atoms with E-state index in [0.29, 0.717) is 23.8 Å². The number of benzene rings is 2. The van der Waals surface area contributed by atoms with Crippen LogP contribution in [0.4, 0.5) is 0 Å². The van der Waals surface area contributed by atoms with Crippen molar-refractivity contribution in [3.05, 3.63) is 87.2 Å². The molecule has 2 aromatic heterocycles. The van der Waals surface area contributed by atoms with Crippen LogP contribution >= 0.6 is 11.3 Å². The second-order valence-corrected chi connectivity index (χ2v) is 10.6. The molecular weight excluding hydrogens is 470 g/mol. The average molecular weight is 502 g/mol. The van der Waals surface area contributed by atoms with Crippen LogP contribution in [-0.4, -0.2) is 39.6 Å². The molecule has 2 atom stereocenters. The summed E-state index contributed by atoms with van der Waals surface area (Å²) in [5, 5.41) is 15.1. The van der Waals surface area contributed by atoms with Crippen molar-refractivity contribution in [3.8, 4) is 11.5 Å². The number of thiazole rings is 1. The number of amides is 1. The number of aromatic nitrogens is 3. The van der Waals surface area contributed by atoms with E-state index in [-0.39, 0.29) is 11.9 Å². The number of nitrogens with zero attached hydrogens (tertiary/aromatic N) is 4. The zero-order valence-corrected chi connectivity index (χ0v) is 21.9. The third-order valence-electron chi connectivity index (χ3n) is 6.86. The van der Waals surface area contributed by atoms with Gasteiger partial charge in [-0.3, -0.25) is 4.79 Å². The molecule has 1 saturated heterocycles. The first-order valence-corrected chi connectivity index (χ1v) is 13.2. The lowest BCUT2D eigenvalue weighted by Gasteiger charge is -2.25. The largest absolute Gasteiger partial charge is 0.419 e. The molecule has 3 heterocycles. The van der Waals surface area contributed by atoms with Gasteiger partial charge in [0.15, 0.2) is 0 Å². The molecule has 8 heteroatoms. The van der Waals surface area contributed by atoms with Gasteiger partial charge >= 0.3 is 0 Å².